The second kappa shape index (κ2) is 7.50. The lowest BCUT2D eigenvalue weighted by Gasteiger charge is -2.55. The zero-order chi connectivity index (χ0) is 21.9. The number of ether oxygens (including phenoxy) is 3. The van der Waals surface area contributed by atoms with Gasteiger partial charge >= 0.3 is 5.97 Å². The third kappa shape index (κ3) is 2.86. The molecule has 5 aliphatic heterocycles. The predicted octanol–water partition coefficient (Wildman–Crippen LogP) is 2.38. The van der Waals surface area contributed by atoms with Gasteiger partial charge in [0.25, 0.3) is 0 Å². The molecule has 1 aliphatic carbocycles. The minimum atomic E-state index is -0.594. The predicted molar refractivity (Wildman–Crippen MR) is 112 cm³/mol. The Bertz CT molecular complexity index is 917. The van der Waals surface area contributed by atoms with Crippen LogP contribution in [-0.2, 0) is 19.0 Å². The molecule has 2 N–H and O–H groups in total. The van der Waals surface area contributed by atoms with Crippen molar-refractivity contribution < 1.29 is 29.2 Å². The Morgan fingerprint density at radius 2 is 2.19 bits per heavy atom. The molecule has 7 nitrogen and oxygen atoms in total. The number of allylic oxidation sites excluding steroid dienone is 1. The minimum absolute atomic E-state index is 0.0561. The third-order valence-electron chi connectivity index (χ3n) is 7.79. The number of hydrogen-bond donors (Lipinski definition) is 2. The first-order chi connectivity index (χ1) is 14.9. The highest BCUT2D eigenvalue weighted by atomic mass is 16.6. The van der Waals surface area contributed by atoms with E-state index in [1.165, 1.54) is 7.11 Å². The van der Waals surface area contributed by atoms with E-state index in [0.717, 1.165) is 38.0 Å². The van der Waals surface area contributed by atoms with Crippen molar-refractivity contribution in [1.29, 1.82) is 0 Å². The van der Waals surface area contributed by atoms with Crippen molar-refractivity contribution in [3.8, 4) is 0 Å². The Morgan fingerprint density at radius 1 is 1.39 bits per heavy atom. The summed E-state index contributed by atoms with van der Waals surface area (Å²) in [7, 11) is 1.47. The van der Waals surface area contributed by atoms with Crippen LogP contribution in [0.5, 0.6) is 0 Å². The molecule has 2 saturated heterocycles. The summed E-state index contributed by atoms with van der Waals surface area (Å²) in [6.45, 7) is 4.58. The SMILES string of the molecule is CCC(O)C1CCCC23C=CC(C=C4OC(=C5OC(=O)C(CO)=C5OC)C(C)C42)CN13. The molecule has 5 heterocycles. The minimum Gasteiger partial charge on any atom is -0.492 e. The monoisotopic (exact) mass is 429 g/mol. The van der Waals surface area contributed by atoms with Crippen LogP contribution in [0.3, 0.4) is 0 Å². The van der Waals surface area contributed by atoms with E-state index in [-0.39, 0.29) is 52.5 Å². The summed E-state index contributed by atoms with van der Waals surface area (Å²) in [5.74, 6) is 1.64. The number of aliphatic hydroxyl groups is 2. The number of esters is 1. The van der Waals surface area contributed by atoms with Crippen LogP contribution in [-0.4, -0.2) is 59.0 Å². The summed E-state index contributed by atoms with van der Waals surface area (Å²) < 4.78 is 17.3. The second-order valence-corrected chi connectivity index (χ2v) is 9.29. The normalized spacial score (nSPS) is 40.2. The molecule has 0 aromatic heterocycles. The summed E-state index contributed by atoms with van der Waals surface area (Å²) in [5.41, 5.74) is -0.120. The average molecular weight is 430 g/mol. The van der Waals surface area contributed by atoms with Gasteiger partial charge < -0.3 is 24.4 Å². The number of carbonyl (C=O) groups is 1. The summed E-state index contributed by atoms with van der Waals surface area (Å²) in [6.07, 6.45) is 10.2. The van der Waals surface area contributed by atoms with Gasteiger partial charge in [0.1, 0.15) is 11.3 Å². The molecule has 6 aliphatic rings. The first-order valence-electron chi connectivity index (χ1n) is 11.3. The lowest BCUT2D eigenvalue weighted by Crippen LogP contribution is -2.64. The lowest BCUT2D eigenvalue weighted by molar-refractivity contribution is -0.133. The summed E-state index contributed by atoms with van der Waals surface area (Å²) in [4.78, 5) is 14.8. The largest absolute Gasteiger partial charge is 0.492 e. The van der Waals surface area contributed by atoms with Crippen LogP contribution in [0.15, 0.2) is 46.8 Å². The number of carbonyl (C=O) groups excluding carboxylic acids is 1. The first-order valence-corrected chi connectivity index (χ1v) is 11.3. The van der Waals surface area contributed by atoms with Gasteiger partial charge in [-0.3, -0.25) is 4.90 Å². The van der Waals surface area contributed by atoms with Crippen molar-refractivity contribution >= 4 is 5.97 Å². The van der Waals surface area contributed by atoms with E-state index < -0.39 is 12.6 Å². The molecule has 7 heteroatoms. The van der Waals surface area contributed by atoms with Gasteiger partial charge in [-0.05, 0) is 31.8 Å². The van der Waals surface area contributed by atoms with Gasteiger partial charge in [0.15, 0.2) is 11.5 Å². The molecule has 0 saturated carbocycles. The van der Waals surface area contributed by atoms with E-state index >= 15 is 0 Å². The van der Waals surface area contributed by atoms with Crippen molar-refractivity contribution in [2.75, 3.05) is 20.3 Å². The number of cyclic esters (lactones) is 1. The van der Waals surface area contributed by atoms with Crippen LogP contribution in [0.1, 0.15) is 39.5 Å². The highest BCUT2D eigenvalue weighted by molar-refractivity contribution is 5.94. The molecule has 0 aromatic carbocycles. The molecule has 2 fully saturated rings. The molecule has 6 unspecified atom stereocenters. The van der Waals surface area contributed by atoms with E-state index in [2.05, 4.69) is 30.1 Å². The molecule has 2 bridgehead atoms. The number of aliphatic hydroxyl groups excluding tert-OH is 2. The average Bonchev–Trinajstić information content (AvgIpc) is 3.17. The quantitative estimate of drug-likeness (QED) is 0.524. The molecule has 168 valence electrons. The molecular weight excluding hydrogens is 398 g/mol. The summed E-state index contributed by atoms with van der Waals surface area (Å²) in [5, 5.41) is 20.4. The van der Waals surface area contributed by atoms with Gasteiger partial charge in [-0.25, -0.2) is 4.79 Å². The molecule has 6 atom stereocenters. The van der Waals surface area contributed by atoms with Crippen molar-refractivity contribution in [2.24, 2.45) is 17.8 Å². The third-order valence-corrected chi connectivity index (χ3v) is 7.79. The Balaban J connectivity index is 1.60. The molecule has 31 heavy (non-hydrogen) atoms. The molecule has 0 radical (unpaired) electrons. The van der Waals surface area contributed by atoms with E-state index in [9.17, 15) is 15.0 Å². The summed E-state index contributed by atoms with van der Waals surface area (Å²) >= 11 is 0. The lowest BCUT2D eigenvalue weighted by atomic mass is 9.68. The van der Waals surface area contributed by atoms with Crippen LogP contribution in [0.25, 0.3) is 0 Å². The Kier molecular flexibility index (Phi) is 5.03. The fraction of sp³-hybridized carbons (Fsp3) is 0.625. The van der Waals surface area contributed by atoms with E-state index in [1.807, 2.05) is 6.92 Å². The standard InChI is InChI=1S/C24H31NO6/c1-4-17(27)16-6-5-8-24-9-7-14(11-25(16)24)10-18-19(24)13(2)20(30-18)22-21(29-3)15(12-26)23(28)31-22/h7,9-10,13-14,16-17,19,26-27H,4-6,8,11-12H2,1-3H3. The van der Waals surface area contributed by atoms with Gasteiger partial charge in [0.05, 0.1) is 25.4 Å². The fourth-order valence-electron chi connectivity index (χ4n) is 6.39. The summed E-state index contributed by atoms with van der Waals surface area (Å²) in [6, 6.07) is 0.127. The van der Waals surface area contributed by atoms with Crippen LogP contribution in [0, 0.1) is 17.8 Å². The molecule has 1 spiro atoms. The van der Waals surface area contributed by atoms with Crippen molar-refractivity contribution in [1.82, 2.24) is 4.90 Å². The zero-order valence-electron chi connectivity index (χ0n) is 18.3. The van der Waals surface area contributed by atoms with E-state index in [4.69, 9.17) is 14.2 Å². The van der Waals surface area contributed by atoms with Gasteiger partial charge in [0.2, 0.25) is 5.76 Å². The van der Waals surface area contributed by atoms with E-state index in [1.54, 1.807) is 0 Å². The van der Waals surface area contributed by atoms with Crippen LogP contribution in [0.4, 0.5) is 0 Å². The van der Waals surface area contributed by atoms with Gasteiger partial charge in [-0.2, -0.15) is 0 Å². The number of methoxy groups -OCH3 is 1. The van der Waals surface area contributed by atoms with Crippen LogP contribution < -0.4 is 0 Å². The first kappa shape index (κ1) is 20.8. The van der Waals surface area contributed by atoms with Crippen molar-refractivity contribution in [3.63, 3.8) is 0 Å². The maximum atomic E-state index is 12.3. The van der Waals surface area contributed by atoms with Gasteiger partial charge in [0, 0.05) is 30.3 Å². The number of hydrogen-bond acceptors (Lipinski definition) is 7. The highest BCUT2D eigenvalue weighted by Gasteiger charge is 2.59. The van der Waals surface area contributed by atoms with Crippen molar-refractivity contribution in [2.45, 2.75) is 57.2 Å². The highest BCUT2D eigenvalue weighted by Crippen LogP contribution is 2.56. The molecule has 0 aromatic rings. The Labute approximate surface area is 182 Å². The molecule has 0 amide bonds. The van der Waals surface area contributed by atoms with Gasteiger partial charge in [-0.15, -0.1) is 0 Å². The Morgan fingerprint density at radius 3 is 2.90 bits per heavy atom. The van der Waals surface area contributed by atoms with Crippen LogP contribution >= 0.6 is 0 Å². The maximum Gasteiger partial charge on any atom is 0.345 e. The maximum absolute atomic E-state index is 12.3. The van der Waals surface area contributed by atoms with Crippen LogP contribution in [0.2, 0.25) is 0 Å². The zero-order valence-corrected chi connectivity index (χ0v) is 18.3. The van der Waals surface area contributed by atoms with Crippen molar-refractivity contribution in [3.05, 3.63) is 46.8 Å². The topological polar surface area (TPSA) is 88.5 Å². The number of rotatable bonds is 4. The molecule has 6 rings (SSSR count). The van der Waals surface area contributed by atoms with E-state index in [0.29, 0.717) is 5.76 Å². The number of nitrogens with zero attached hydrogens (tertiary/aromatic N) is 1. The fourth-order valence-corrected chi connectivity index (χ4v) is 6.39. The second-order valence-electron chi connectivity index (χ2n) is 9.29. The molecular formula is C24H31NO6. The van der Waals surface area contributed by atoms with Gasteiger partial charge in [-0.1, -0.05) is 26.0 Å². The number of piperidine rings is 1. The smallest absolute Gasteiger partial charge is 0.345 e. The Hall–Kier alpha value is -2.09.